The molecule has 14 heavy (non-hydrogen) atoms. The third kappa shape index (κ3) is 4.07. The van der Waals surface area contributed by atoms with Crippen LogP contribution in [0.2, 0.25) is 0 Å². The summed E-state index contributed by atoms with van der Waals surface area (Å²) in [5.74, 6) is 0.325. The topological polar surface area (TPSA) is 47.6 Å². The van der Waals surface area contributed by atoms with Crippen molar-refractivity contribution in [2.75, 3.05) is 26.3 Å². The van der Waals surface area contributed by atoms with Crippen molar-refractivity contribution in [1.82, 2.24) is 5.32 Å². The third-order valence-corrected chi connectivity index (χ3v) is 2.13. The summed E-state index contributed by atoms with van der Waals surface area (Å²) in [6.45, 7) is 6.68. The Labute approximate surface area is 85.0 Å². The number of hydrogen-bond donors (Lipinski definition) is 1. The molecule has 0 aromatic rings. The molecule has 1 atom stereocenters. The highest BCUT2D eigenvalue weighted by Gasteiger charge is 2.22. The van der Waals surface area contributed by atoms with Crippen molar-refractivity contribution in [2.45, 2.75) is 26.4 Å². The van der Waals surface area contributed by atoms with Gasteiger partial charge >= 0.3 is 5.97 Å². The molecule has 1 saturated heterocycles. The smallest absolute Gasteiger partial charge is 0.336 e. The molecule has 0 amide bonds. The Morgan fingerprint density at radius 2 is 2.43 bits per heavy atom. The highest BCUT2D eigenvalue weighted by Crippen LogP contribution is 2.02. The average Bonchev–Trinajstić information content (AvgIpc) is 2.18. The van der Waals surface area contributed by atoms with Crippen molar-refractivity contribution in [1.29, 1.82) is 0 Å². The van der Waals surface area contributed by atoms with Crippen LogP contribution >= 0.6 is 0 Å². The molecule has 1 heterocycles. The van der Waals surface area contributed by atoms with Gasteiger partial charge in [0, 0.05) is 13.1 Å². The maximum Gasteiger partial charge on any atom is 0.336 e. The molecule has 1 aliphatic rings. The Balaban J connectivity index is 2.13. The fourth-order valence-electron chi connectivity index (χ4n) is 1.20. The molecule has 4 nitrogen and oxygen atoms in total. The fraction of sp³-hybridized carbons (Fsp3) is 0.900. The van der Waals surface area contributed by atoms with Crippen LogP contribution in [0.3, 0.4) is 0 Å². The molecule has 0 aliphatic carbocycles. The van der Waals surface area contributed by atoms with E-state index in [-0.39, 0.29) is 5.97 Å². The van der Waals surface area contributed by atoms with Gasteiger partial charge in [-0.15, -0.1) is 0 Å². The number of rotatable bonds is 4. The molecular formula is C10H19NO3. The number of carbonyl (C=O) groups excluding carboxylic acids is 1. The van der Waals surface area contributed by atoms with Crippen molar-refractivity contribution in [3.8, 4) is 0 Å². The monoisotopic (exact) mass is 201 g/mol. The van der Waals surface area contributed by atoms with Gasteiger partial charge in [-0.2, -0.15) is 0 Å². The summed E-state index contributed by atoms with van der Waals surface area (Å²) < 4.78 is 10.3. The molecule has 1 N–H and O–H groups in total. The lowest BCUT2D eigenvalue weighted by Crippen LogP contribution is -2.43. The quantitative estimate of drug-likeness (QED) is 0.675. The van der Waals surface area contributed by atoms with Crippen molar-refractivity contribution in [3.63, 3.8) is 0 Å². The maximum atomic E-state index is 11.4. The van der Waals surface area contributed by atoms with Gasteiger partial charge in [0.05, 0.1) is 13.2 Å². The second kappa shape index (κ2) is 5.98. The molecule has 0 aromatic carbocycles. The molecule has 0 saturated carbocycles. The Hall–Kier alpha value is -0.610. The largest absolute Gasteiger partial charge is 0.464 e. The highest BCUT2D eigenvalue weighted by atomic mass is 16.6. The lowest BCUT2D eigenvalue weighted by atomic mass is 10.1. The molecule has 1 rings (SSSR count). The first kappa shape index (κ1) is 11.5. The van der Waals surface area contributed by atoms with Gasteiger partial charge in [-0.25, -0.2) is 4.79 Å². The van der Waals surface area contributed by atoms with Crippen LogP contribution in [-0.4, -0.2) is 38.4 Å². The van der Waals surface area contributed by atoms with E-state index < -0.39 is 6.10 Å². The van der Waals surface area contributed by atoms with E-state index in [1.165, 1.54) is 0 Å². The standard InChI is InChI=1S/C10H19NO3/c1-8(2)3-5-14-10(12)9-7-11-4-6-13-9/h8-9,11H,3-7H2,1-2H3. The molecule has 1 unspecified atom stereocenters. The second-order valence-electron chi connectivity index (χ2n) is 3.91. The zero-order valence-corrected chi connectivity index (χ0v) is 8.91. The number of carbonyl (C=O) groups is 1. The Morgan fingerprint density at radius 1 is 1.64 bits per heavy atom. The van der Waals surface area contributed by atoms with E-state index >= 15 is 0 Å². The first-order valence-corrected chi connectivity index (χ1v) is 5.19. The molecule has 4 heteroatoms. The second-order valence-corrected chi connectivity index (χ2v) is 3.91. The van der Waals surface area contributed by atoms with Crippen LogP contribution in [0.25, 0.3) is 0 Å². The van der Waals surface area contributed by atoms with E-state index in [0.29, 0.717) is 25.7 Å². The highest BCUT2D eigenvalue weighted by molar-refractivity contribution is 5.75. The predicted molar refractivity (Wildman–Crippen MR) is 53.0 cm³/mol. The van der Waals surface area contributed by atoms with Crippen LogP contribution in [0.15, 0.2) is 0 Å². The summed E-state index contributed by atoms with van der Waals surface area (Å²) in [5.41, 5.74) is 0. The summed E-state index contributed by atoms with van der Waals surface area (Å²) in [6.07, 6.45) is 0.502. The maximum absolute atomic E-state index is 11.4. The average molecular weight is 201 g/mol. The minimum absolute atomic E-state index is 0.238. The van der Waals surface area contributed by atoms with Gasteiger partial charge in [0.2, 0.25) is 0 Å². The Bertz CT molecular complexity index is 176. The van der Waals surface area contributed by atoms with Crippen LogP contribution < -0.4 is 5.32 Å². The minimum Gasteiger partial charge on any atom is -0.464 e. The molecule has 0 bridgehead atoms. The number of hydrogen-bond acceptors (Lipinski definition) is 4. The first-order chi connectivity index (χ1) is 6.70. The van der Waals surface area contributed by atoms with Gasteiger partial charge in [0.1, 0.15) is 0 Å². The van der Waals surface area contributed by atoms with Gasteiger partial charge in [-0.1, -0.05) is 13.8 Å². The molecular weight excluding hydrogens is 182 g/mol. The van der Waals surface area contributed by atoms with Gasteiger partial charge in [0.15, 0.2) is 6.10 Å². The Morgan fingerprint density at radius 3 is 3.00 bits per heavy atom. The third-order valence-electron chi connectivity index (χ3n) is 2.13. The normalized spacial score (nSPS) is 22.4. The van der Waals surface area contributed by atoms with Crippen LogP contribution in [0.5, 0.6) is 0 Å². The number of morpholine rings is 1. The van der Waals surface area contributed by atoms with Crippen molar-refractivity contribution >= 4 is 5.97 Å². The van der Waals surface area contributed by atoms with Gasteiger partial charge in [0.25, 0.3) is 0 Å². The van der Waals surface area contributed by atoms with E-state index in [1.807, 2.05) is 0 Å². The van der Waals surface area contributed by atoms with Crippen LogP contribution in [0, 0.1) is 5.92 Å². The van der Waals surface area contributed by atoms with E-state index in [2.05, 4.69) is 19.2 Å². The summed E-state index contributed by atoms with van der Waals surface area (Å²) in [7, 11) is 0. The summed E-state index contributed by atoms with van der Waals surface area (Å²) in [5, 5.41) is 3.09. The fourth-order valence-corrected chi connectivity index (χ4v) is 1.20. The molecule has 1 fully saturated rings. The van der Waals surface area contributed by atoms with Crippen LogP contribution in [-0.2, 0) is 14.3 Å². The van der Waals surface area contributed by atoms with Crippen molar-refractivity contribution < 1.29 is 14.3 Å². The summed E-state index contributed by atoms with van der Waals surface area (Å²) >= 11 is 0. The van der Waals surface area contributed by atoms with Crippen LogP contribution in [0.1, 0.15) is 20.3 Å². The predicted octanol–water partition coefficient (Wildman–Crippen LogP) is 0.564. The number of esters is 1. The van der Waals surface area contributed by atoms with Gasteiger partial charge in [-0.3, -0.25) is 0 Å². The molecule has 0 aromatic heterocycles. The minimum atomic E-state index is -0.407. The molecule has 0 radical (unpaired) electrons. The Kier molecular flexibility index (Phi) is 4.90. The van der Waals surface area contributed by atoms with E-state index in [9.17, 15) is 4.79 Å². The van der Waals surface area contributed by atoms with Crippen molar-refractivity contribution in [2.24, 2.45) is 5.92 Å². The van der Waals surface area contributed by atoms with Crippen molar-refractivity contribution in [3.05, 3.63) is 0 Å². The van der Waals surface area contributed by atoms with Gasteiger partial charge < -0.3 is 14.8 Å². The zero-order chi connectivity index (χ0) is 10.4. The SMILES string of the molecule is CC(C)CCOC(=O)C1CNCCO1. The molecule has 82 valence electrons. The molecule has 1 aliphatic heterocycles. The number of ether oxygens (including phenoxy) is 2. The summed E-state index contributed by atoms with van der Waals surface area (Å²) in [6, 6.07) is 0. The number of nitrogens with one attached hydrogen (secondary N) is 1. The zero-order valence-electron chi connectivity index (χ0n) is 8.91. The van der Waals surface area contributed by atoms with E-state index in [4.69, 9.17) is 9.47 Å². The van der Waals surface area contributed by atoms with E-state index in [0.717, 1.165) is 13.0 Å². The van der Waals surface area contributed by atoms with E-state index in [1.54, 1.807) is 0 Å². The lowest BCUT2D eigenvalue weighted by Gasteiger charge is -2.22. The first-order valence-electron chi connectivity index (χ1n) is 5.19. The summed E-state index contributed by atoms with van der Waals surface area (Å²) in [4.78, 5) is 11.4. The van der Waals surface area contributed by atoms with Crippen LogP contribution in [0.4, 0.5) is 0 Å². The molecule has 0 spiro atoms. The lowest BCUT2D eigenvalue weighted by molar-refractivity contribution is -0.158. The van der Waals surface area contributed by atoms with Gasteiger partial charge in [-0.05, 0) is 12.3 Å².